The van der Waals surface area contributed by atoms with Crippen molar-refractivity contribution in [3.8, 4) is 0 Å². The van der Waals surface area contributed by atoms with Crippen LogP contribution in [0.1, 0.15) is 44.2 Å². The summed E-state index contributed by atoms with van der Waals surface area (Å²) in [5, 5.41) is 5.84. The Balaban J connectivity index is 2.45. The number of hydrogen-bond donors (Lipinski definition) is 0. The van der Waals surface area contributed by atoms with E-state index < -0.39 is 14.3 Å². The van der Waals surface area contributed by atoms with Crippen molar-refractivity contribution in [2.45, 2.75) is 51.9 Å². The summed E-state index contributed by atoms with van der Waals surface area (Å²) in [5.41, 5.74) is 0.964. The lowest BCUT2D eigenvalue weighted by Crippen LogP contribution is -2.42. The summed E-state index contributed by atoms with van der Waals surface area (Å²) in [6.07, 6.45) is 0. The molecule has 8 heteroatoms. The van der Waals surface area contributed by atoms with Gasteiger partial charge in [0.1, 0.15) is 5.52 Å². The van der Waals surface area contributed by atoms with Crippen molar-refractivity contribution in [2.75, 3.05) is 13.7 Å². The molecule has 0 bridgehead atoms. The number of carbonyl (C=O) groups is 1. The molecular formula is C18H26BrClN2O3Si. The number of nitrogens with zero attached hydrogens (tertiary/aromatic N) is 2. The zero-order valence-electron chi connectivity index (χ0n) is 16.3. The van der Waals surface area contributed by atoms with Crippen LogP contribution in [0.2, 0.25) is 23.2 Å². The number of benzene rings is 1. The van der Waals surface area contributed by atoms with E-state index in [-0.39, 0.29) is 11.1 Å². The van der Waals surface area contributed by atoms with Crippen molar-refractivity contribution in [1.82, 2.24) is 9.78 Å². The Morgan fingerprint density at radius 3 is 2.54 bits per heavy atom. The first-order valence-electron chi connectivity index (χ1n) is 8.48. The van der Waals surface area contributed by atoms with Gasteiger partial charge in [-0.05, 0) is 37.2 Å². The molecule has 26 heavy (non-hydrogen) atoms. The van der Waals surface area contributed by atoms with Crippen LogP contribution in [-0.4, -0.2) is 37.8 Å². The van der Waals surface area contributed by atoms with Crippen LogP contribution < -0.4 is 0 Å². The fourth-order valence-corrected chi connectivity index (χ4v) is 4.30. The molecule has 5 nitrogen and oxygen atoms in total. The van der Waals surface area contributed by atoms with Gasteiger partial charge in [-0.3, -0.25) is 4.68 Å². The van der Waals surface area contributed by atoms with Crippen molar-refractivity contribution in [3.63, 3.8) is 0 Å². The van der Waals surface area contributed by atoms with Gasteiger partial charge in [0.25, 0.3) is 0 Å². The predicted octanol–water partition coefficient (Wildman–Crippen LogP) is 5.82. The van der Waals surface area contributed by atoms with E-state index in [1.54, 1.807) is 10.7 Å². The second-order valence-corrected chi connectivity index (χ2v) is 14.1. The number of rotatable bonds is 5. The van der Waals surface area contributed by atoms with Crippen LogP contribution in [0, 0.1) is 0 Å². The molecule has 144 valence electrons. The van der Waals surface area contributed by atoms with Crippen LogP contribution in [0.25, 0.3) is 10.9 Å². The maximum Gasteiger partial charge on any atom is 0.356 e. The van der Waals surface area contributed by atoms with Gasteiger partial charge in [-0.15, -0.1) is 0 Å². The van der Waals surface area contributed by atoms with E-state index in [2.05, 4.69) is 54.9 Å². The van der Waals surface area contributed by atoms with E-state index in [4.69, 9.17) is 20.8 Å². The summed E-state index contributed by atoms with van der Waals surface area (Å²) in [6, 6.07) is 3.46. The third-order valence-corrected chi connectivity index (χ3v) is 10.3. The second-order valence-electron chi connectivity index (χ2n) is 7.99. The van der Waals surface area contributed by atoms with Crippen LogP contribution in [0.15, 0.2) is 16.6 Å². The van der Waals surface area contributed by atoms with Crippen LogP contribution in [0.3, 0.4) is 0 Å². The highest BCUT2D eigenvalue weighted by atomic mass is 79.9. The van der Waals surface area contributed by atoms with E-state index in [1.807, 2.05) is 13.0 Å². The van der Waals surface area contributed by atoms with E-state index in [0.717, 1.165) is 4.47 Å². The molecule has 0 fully saturated rings. The minimum absolute atomic E-state index is 0.112. The highest BCUT2D eigenvalue weighted by Crippen LogP contribution is 2.37. The van der Waals surface area contributed by atoms with Crippen LogP contribution >= 0.6 is 27.5 Å². The fourth-order valence-electron chi connectivity index (χ4n) is 2.36. The zero-order chi connectivity index (χ0) is 19.9. The monoisotopic (exact) mass is 460 g/mol. The minimum Gasteiger partial charge on any atom is -0.464 e. The first-order chi connectivity index (χ1) is 11.9. The number of fused-ring (bicyclic) bond motifs is 1. The lowest BCUT2D eigenvalue weighted by atomic mass is 10.2. The largest absolute Gasteiger partial charge is 0.464 e. The molecule has 0 amide bonds. The van der Waals surface area contributed by atoms with Crippen LogP contribution in [0.5, 0.6) is 0 Å². The molecule has 2 rings (SSSR count). The molecule has 1 aromatic carbocycles. The number of aromatic nitrogens is 2. The molecule has 0 radical (unpaired) electrons. The quantitative estimate of drug-likeness (QED) is 0.416. The van der Waals surface area contributed by atoms with Crippen molar-refractivity contribution in [1.29, 1.82) is 0 Å². The maximum atomic E-state index is 12.4. The van der Waals surface area contributed by atoms with E-state index in [9.17, 15) is 4.79 Å². The van der Waals surface area contributed by atoms with Gasteiger partial charge in [-0.1, -0.05) is 48.3 Å². The van der Waals surface area contributed by atoms with Crippen molar-refractivity contribution in [3.05, 3.63) is 27.3 Å². The van der Waals surface area contributed by atoms with Crippen molar-refractivity contribution >= 4 is 52.7 Å². The average Bonchev–Trinajstić information content (AvgIpc) is 2.90. The Kier molecular flexibility index (Phi) is 6.27. The fraction of sp³-hybridized carbons (Fsp3) is 0.556. The Morgan fingerprint density at radius 2 is 2.00 bits per heavy atom. The molecular weight excluding hydrogens is 436 g/mol. The minimum atomic E-state index is -1.90. The summed E-state index contributed by atoms with van der Waals surface area (Å²) >= 11 is 9.75. The Hall–Kier alpha value is -0.893. The van der Waals surface area contributed by atoms with Gasteiger partial charge in [-0.25, -0.2) is 4.79 Å². The first kappa shape index (κ1) is 21.4. The Morgan fingerprint density at radius 1 is 1.38 bits per heavy atom. The molecule has 0 spiro atoms. The maximum absolute atomic E-state index is 12.4. The number of methoxy groups -OCH3 is 1. The number of ether oxygens (including phenoxy) is 1. The predicted molar refractivity (Wildman–Crippen MR) is 112 cm³/mol. The SMILES string of the molecule is COC(=O)c1c2cc(Br)cc(Cl)c2nn1[C@@H](C)CO[Si](C)(C)C(C)(C)C. The summed E-state index contributed by atoms with van der Waals surface area (Å²) in [5.74, 6) is -0.444. The van der Waals surface area contributed by atoms with Crippen LogP contribution in [0.4, 0.5) is 0 Å². The molecule has 1 aromatic heterocycles. The third-order valence-electron chi connectivity index (χ3n) is 5.01. The highest BCUT2D eigenvalue weighted by Gasteiger charge is 2.37. The first-order valence-corrected chi connectivity index (χ1v) is 12.6. The topological polar surface area (TPSA) is 53.3 Å². The molecule has 0 unspecified atom stereocenters. The summed E-state index contributed by atoms with van der Waals surface area (Å²) in [7, 11) is -0.540. The molecule has 0 N–H and O–H groups in total. The van der Waals surface area contributed by atoms with Gasteiger partial charge >= 0.3 is 5.97 Å². The smallest absolute Gasteiger partial charge is 0.356 e. The van der Waals surface area contributed by atoms with Crippen molar-refractivity contribution in [2.24, 2.45) is 0 Å². The average molecular weight is 462 g/mol. The highest BCUT2D eigenvalue weighted by molar-refractivity contribution is 9.10. The number of esters is 1. The molecule has 0 saturated heterocycles. The van der Waals surface area contributed by atoms with Gasteiger partial charge in [0, 0.05) is 9.86 Å². The number of halogens is 2. The lowest BCUT2D eigenvalue weighted by Gasteiger charge is -2.37. The summed E-state index contributed by atoms with van der Waals surface area (Å²) in [4.78, 5) is 12.4. The number of hydrogen-bond acceptors (Lipinski definition) is 4. The molecule has 2 aromatic rings. The standard InChI is InChI=1S/C18H26BrClN2O3Si/c1-11(10-25-26(6,7)18(2,3)4)22-16(17(23)24-5)13-8-12(19)9-14(20)15(13)21-22/h8-9,11H,10H2,1-7H3/t11-/m0/s1. The van der Waals surface area contributed by atoms with Gasteiger partial charge < -0.3 is 9.16 Å². The lowest BCUT2D eigenvalue weighted by molar-refractivity contribution is 0.0584. The molecule has 0 saturated carbocycles. The van der Waals surface area contributed by atoms with Crippen LogP contribution in [-0.2, 0) is 9.16 Å². The van der Waals surface area contributed by atoms with Gasteiger partial charge in [-0.2, -0.15) is 5.10 Å². The molecule has 0 aliphatic carbocycles. The number of carbonyl (C=O) groups excluding carboxylic acids is 1. The molecule has 0 aliphatic rings. The second kappa shape index (κ2) is 7.62. The van der Waals surface area contributed by atoms with E-state index in [1.165, 1.54) is 7.11 Å². The Labute approximate surface area is 169 Å². The van der Waals surface area contributed by atoms with Gasteiger partial charge in [0.05, 0.1) is 24.8 Å². The molecule has 0 aliphatic heterocycles. The third kappa shape index (κ3) is 4.16. The zero-order valence-corrected chi connectivity index (χ0v) is 19.7. The summed E-state index contributed by atoms with van der Waals surface area (Å²) in [6.45, 7) is 13.4. The van der Waals surface area contributed by atoms with Crippen molar-refractivity contribution < 1.29 is 14.0 Å². The van der Waals surface area contributed by atoms with Gasteiger partial charge in [0.15, 0.2) is 14.0 Å². The molecule has 1 heterocycles. The van der Waals surface area contributed by atoms with Gasteiger partial charge in [0.2, 0.25) is 0 Å². The molecule has 1 atom stereocenters. The van der Waals surface area contributed by atoms with E-state index >= 15 is 0 Å². The summed E-state index contributed by atoms with van der Waals surface area (Å²) < 4.78 is 13.7. The van der Waals surface area contributed by atoms with E-state index in [0.29, 0.717) is 28.2 Å². The Bertz CT molecular complexity index is 830. The normalized spacial score (nSPS) is 13.9.